The van der Waals surface area contributed by atoms with Crippen LogP contribution >= 0.6 is 0 Å². The first-order chi connectivity index (χ1) is 8.01. The summed E-state index contributed by atoms with van der Waals surface area (Å²) in [4.78, 5) is 10.8. The molecule has 1 aromatic rings. The minimum absolute atomic E-state index is 0.195. The maximum Gasteiger partial charge on any atom is 0.225 e. The van der Waals surface area contributed by atoms with Crippen molar-refractivity contribution in [2.45, 2.75) is 33.4 Å². The van der Waals surface area contributed by atoms with Crippen LogP contribution < -0.4 is 4.90 Å². The lowest BCUT2D eigenvalue weighted by Gasteiger charge is -2.21. The van der Waals surface area contributed by atoms with Gasteiger partial charge in [-0.2, -0.15) is 0 Å². The quantitative estimate of drug-likeness (QED) is 0.787. The molecule has 0 bridgehead atoms. The first-order valence-corrected chi connectivity index (χ1v) is 6.21. The molecule has 0 N–H and O–H groups in total. The molecular formula is C13H18FN3. The van der Waals surface area contributed by atoms with Crippen molar-refractivity contribution in [2.24, 2.45) is 10.8 Å². The number of aromatic nitrogens is 2. The van der Waals surface area contributed by atoms with Crippen LogP contribution in [-0.4, -0.2) is 29.2 Å². The average molecular weight is 235 g/mol. The molecule has 0 spiro atoms. The summed E-state index contributed by atoms with van der Waals surface area (Å²) in [6, 6.07) is 0. The molecule has 0 aromatic carbocycles. The van der Waals surface area contributed by atoms with E-state index in [1.54, 1.807) is 0 Å². The van der Waals surface area contributed by atoms with Gasteiger partial charge in [0.25, 0.3) is 0 Å². The Hall–Kier alpha value is -1.19. The first-order valence-electron chi connectivity index (χ1n) is 6.21. The van der Waals surface area contributed by atoms with Gasteiger partial charge in [0.2, 0.25) is 5.95 Å². The second-order valence-corrected chi connectivity index (χ2v) is 5.80. The van der Waals surface area contributed by atoms with Crippen LogP contribution in [-0.2, 0) is 6.42 Å². The smallest absolute Gasteiger partial charge is 0.225 e. The van der Waals surface area contributed by atoms with E-state index in [1.807, 2.05) is 26.2 Å². The van der Waals surface area contributed by atoms with Crippen LogP contribution in [0.4, 0.5) is 10.3 Å². The largest absolute Gasteiger partial charge is 0.339 e. The minimum atomic E-state index is -0.666. The molecule has 3 rings (SSSR count). The van der Waals surface area contributed by atoms with Gasteiger partial charge in [-0.15, -0.1) is 0 Å². The van der Waals surface area contributed by atoms with Gasteiger partial charge in [0.1, 0.15) is 6.17 Å². The Bertz CT molecular complexity index is 428. The monoisotopic (exact) mass is 235 g/mol. The molecule has 2 heterocycles. The van der Waals surface area contributed by atoms with Gasteiger partial charge in [0, 0.05) is 36.3 Å². The molecule has 3 nitrogen and oxygen atoms in total. The highest BCUT2D eigenvalue weighted by atomic mass is 19.1. The highest BCUT2D eigenvalue weighted by molar-refractivity contribution is 5.42. The van der Waals surface area contributed by atoms with Crippen molar-refractivity contribution in [3.63, 3.8) is 0 Å². The summed E-state index contributed by atoms with van der Waals surface area (Å²) >= 11 is 0. The Morgan fingerprint density at radius 1 is 1.29 bits per heavy atom. The third-order valence-corrected chi connectivity index (χ3v) is 4.76. The fraction of sp³-hybridized carbons (Fsp3) is 0.692. The van der Waals surface area contributed by atoms with E-state index in [0.717, 1.165) is 31.0 Å². The summed E-state index contributed by atoms with van der Waals surface area (Å²) in [6.45, 7) is 7.60. The van der Waals surface area contributed by atoms with Crippen molar-refractivity contribution in [2.75, 3.05) is 18.0 Å². The number of piperidine rings is 1. The topological polar surface area (TPSA) is 29.0 Å². The van der Waals surface area contributed by atoms with Crippen LogP contribution in [0.5, 0.6) is 0 Å². The van der Waals surface area contributed by atoms with Gasteiger partial charge in [0.05, 0.1) is 0 Å². The number of alkyl halides is 1. The molecule has 1 saturated carbocycles. The van der Waals surface area contributed by atoms with Gasteiger partial charge in [0.15, 0.2) is 0 Å². The normalized spacial score (nSPS) is 39.3. The van der Waals surface area contributed by atoms with Crippen LogP contribution in [0.25, 0.3) is 0 Å². The molecule has 0 radical (unpaired) electrons. The molecular weight excluding hydrogens is 217 g/mol. The van der Waals surface area contributed by atoms with Gasteiger partial charge in [-0.3, -0.25) is 0 Å². The van der Waals surface area contributed by atoms with E-state index in [4.69, 9.17) is 0 Å². The van der Waals surface area contributed by atoms with Crippen molar-refractivity contribution in [3.8, 4) is 0 Å². The highest BCUT2D eigenvalue weighted by Gasteiger charge is 2.76. The Morgan fingerprint density at radius 2 is 1.82 bits per heavy atom. The molecule has 2 aliphatic rings. The lowest BCUT2D eigenvalue weighted by Crippen LogP contribution is -2.29. The number of anilines is 1. The van der Waals surface area contributed by atoms with Crippen molar-refractivity contribution in [3.05, 3.63) is 18.0 Å². The summed E-state index contributed by atoms with van der Waals surface area (Å²) in [5, 5.41) is 0. The Morgan fingerprint density at radius 3 is 2.29 bits per heavy atom. The molecule has 17 heavy (non-hydrogen) atoms. The molecule has 0 amide bonds. The van der Waals surface area contributed by atoms with E-state index < -0.39 is 6.17 Å². The van der Waals surface area contributed by atoms with Crippen LogP contribution in [0.1, 0.15) is 26.3 Å². The number of hydrogen-bond donors (Lipinski definition) is 0. The van der Waals surface area contributed by atoms with Crippen molar-refractivity contribution in [1.82, 2.24) is 9.97 Å². The van der Waals surface area contributed by atoms with Crippen LogP contribution in [0, 0.1) is 10.8 Å². The molecule has 1 saturated heterocycles. The number of rotatable bonds is 2. The van der Waals surface area contributed by atoms with E-state index in [-0.39, 0.29) is 10.8 Å². The van der Waals surface area contributed by atoms with E-state index in [0.29, 0.717) is 0 Å². The Balaban J connectivity index is 1.80. The molecule has 92 valence electrons. The Labute approximate surface area is 101 Å². The molecule has 2 fully saturated rings. The standard InChI is InChI=1S/C13H18FN3/c1-4-9-5-15-11(16-6-9)17-7-12(2)10(14)13(12,3)8-17/h5-6,10H,4,7-8H2,1-3H3/t10?,12-,13+. The van der Waals surface area contributed by atoms with Crippen molar-refractivity contribution < 1.29 is 4.39 Å². The number of halogens is 1. The molecule has 1 aliphatic heterocycles. The molecule has 1 aliphatic carbocycles. The van der Waals surface area contributed by atoms with E-state index in [1.165, 1.54) is 0 Å². The third-order valence-electron chi connectivity index (χ3n) is 4.76. The summed E-state index contributed by atoms with van der Waals surface area (Å²) in [6.07, 6.45) is 4.01. The average Bonchev–Trinajstić information content (AvgIpc) is 2.63. The summed E-state index contributed by atoms with van der Waals surface area (Å²) in [7, 11) is 0. The van der Waals surface area contributed by atoms with Gasteiger partial charge >= 0.3 is 0 Å². The van der Waals surface area contributed by atoms with Crippen LogP contribution in [0.2, 0.25) is 0 Å². The molecule has 3 atom stereocenters. The highest BCUT2D eigenvalue weighted by Crippen LogP contribution is 2.69. The van der Waals surface area contributed by atoms with Gasteiger partial charge in [-0.1, -0.05) is 20.8 Å². The van der Waals surface area contributed by atoms with Crippen LogP contribution in [0.3, 0.4) is 0 Å². The predicted octanol–water partition coefficient (Wildman–Crippen LogP) is 2.22. The van der Waals surface area contributed by atoms with Crippen molar-refractivity contribution >= 4 is 5.95 Å². The van der Waals surface area contributed by atoms with Crippen LogP contribution in [0.15, 0.2) is 12.4 Å². The summed E-state index contributed by atoms with van der Waals surface area (Å²) in [5.74, 6) is 0.740. The third kappa shape index (κ3) is 1.27. The fourth-order valence-corrected chi connectivity index (χ4v) is 3.09. The van der Waals surface area contributed by atoms with E-state index >= 15 is 0 Å². The maximum absolute atomic E-state index is 13.7. The second kappa shape index (κ2) is 3.18. The zero-order valence-corrected chi connectivity index (χ0v) is 10.6. The molecule has 1 aromatic heterocycles. The lowest BCUT2D eigenvalue weighted by molar-refractivity contribution is 0.358. The van der Waals surface area contributed by atoms with Gasteiger partial charge < -0.3 is 4.90 Å². The molecule has 4 heteroatoms. The zero-order valence-electron chi connectivity index (χ0n) is 10.6. The lowest BCUT2D eigenvalue weighted by atomic mass is 10.0. The van der Waals surface area contributed by atoms with Gasteiger partial charge in [-0.25, -0.2) is 14.4 Å². The zero-order chi connectivity index (χ0) is 12.3. The van der Waals surface area contributed by atoms with Gasteiger partial charge in [-0.05, 0) is 12.0 Å². The number of fused-ring (bicyclic) bond motifs is 1. The summed E-state index contributed by atoms with van der Waals surface area (Å²) in [5.41, 5.74) is 0.749. The number of hydrogen-bond acceptors (Lipinski definition) is 3. The Kier molecular flexibility index (Phi) is 2.04. The minimum Gasteiger partial charge on any atom is -0.339 e. The number of nitrogens with zero attached hydrogens (tertiary/aromatic N) is 3. The fourth-order valence-electron chi connectivity index (χ4n) is 3.09. The maximum atomic E-state index is 13.7. The van der Waals surface area contributed by atoms with Crippen molar-refractivity contribution in [1.29, 1.82) is 0 Å². The van der Waals surface area contributed by atoms with E-state index in [2.05, 4.69) is 21.8 Å². The number of aryl methyl sites for hydroxylation is 1. The summed E-state index contributed by atoms with van der Waals surface area (Å²) < 4.78 is 13.7. The SMILES string of the molecule is CCc1cnc(N2C[C@@]3(C)C(F)[C@@]3(C)C2)nc1. The predicted molar refractivity (Wildman–Crippen MR) is 64.7 cm³/mol. The molecule has 1 unspecified atom stereocenters. The second-order valence-electron chi connectivity index (χ2n) is 5.80. The van der Waals surface area contributed by atoms with E-state index in [9.17, 15) is 4.39 Å². The first kappa shape index (κ1) is 10.9.